The van der Waals surface area contributed by atoms with E-state index in [0.717, 1.165) is 23.5 Å². The minimum atomic E-state index is -4.18. The first-order valence-corrected chi connectivity index (χ1v) is 10.2. The Bertz CT molecular complexity index is 477. The molecule has 0 amide bonds. The van der Waals surface area contributed by atoms with Gasteiger partial charge in [0.25, 0.3) is 0 Å². The molecule has 0 aliphatic heterocycles. The fourth-order valence-corrected chi connectivity index (χ4v) is 1.70. The van der Waals surface area contributed by atoms with Crippen molar-refractivity contribution < 1.29 is 35.2 Å². The van der Waals surface area contributed by atoms with E-state index in [-0.39, 0.29) is 12.2 Å². The van der Waals surface area contributed by atoms with Crippen molar-refractivity contribution in [1.29, 1.82) is 0 Å². The maximum absolute atomic E-state index is 10.3. The van der Waals surface area contributed by atoms with E-state index in [2.05, 4.69) is 9.97 Å². The van der Waals surface area contributed by atoms with Crippen molar-refractivity contribution in [3.8, 4) is 0 Å². The van der Waals surface area contributed by atoms with Gasteiger partial charge in [0.1, 0.15) is 6.20 Å². The van der Waals surface area contributed by atoms with Gasteiger partial charge < -0.3 is 14.7 Å². The van der Waals surface area contributed by atoms with E-state index >= 15 is 0 Å². The number of aromatic nitrogens is 2. The summed E-state index contributed by atoms with van der Waals surface area (Å²) in [7, 11) is 0.588. The standard InChI is InChI=1S/C7H11N3O5S.ClH.Zn/c11-10(12)7-5-8-6(9-7)3-1-2-4-16(13,14)15;;/h5H,1-4H2,(H,8,9)(H,13,14,15);1H;/q;;+2/p-2. The number of aryl methyl sites for hydroxylation is 1. The van der Waals surface area contributed by atoms with E-state index in [1.807, 2.05) is 0 Å². The molecule has 0 aromatic carbocycles. The van der Waals surface area contributed by atoms with E-state index in [9.17, 15) is 23.1 Å². The Balaban J connectivity index is 0.00000137. The Morgan fingerprint density at radius 3 is 2.50 bits per heavy atom. The number of nitrogens with one attached hydrogen (secondary N) is 1. The van der Waals surface area contributed by atoms with Crippen LogP contribution in [0.5, 0.6) is 0 Å². The van der Waals surface area contributed by atoms with Gasteiger partial charge in [-0.1, -0.05) is 0 Å². The summed E-state index contributed by atoms with van der Waals surface area (Å²) < 4.78 is 30.8. The molecule has 0 radical (unpaired) electrons. The van der Waals surface area contributed by atoms with E-state index in [1.165, 1.54) is 0 Å². The van der Waals surface area contributed by atoms with Crippen LogP contribution < -0.4 is 0 Å². The van der Waals surface area contributed by atoms with Crippen LogP contribution in [0.1, 0.15) is 18.7 Å². The first-order valence-electron chi connectivity index (χ1n) is 4.77. The zero-order valence-corrected chi connectivity index (χ0v) is 13.9. The van der Waals surface area contributed by atoms with E-state index in [1.54, 1.807) is 0 Å². The Morgan fingerprint density at radius 1 is 1.44 bits per heavy atom. The van der Waals surface area contributed by atoms with Crippen LogP contribution in [0.15, 0.2) is 6.20 Å². The summed E-state index contributed by atoms with van der Waals surface area (Å²) in [6, 6.07) is 0. The third-order valence-electron chi connectivity index (χ3n) is 1.87. The zero-order valence-electron chi connectivity index (χ0n) is 9.33. The second-order valence-electron chi connectivity index (χ2n) is 3.19. The summed E-state index contributed by atoms with van der Waals surface area (Å²) in [5.41, 5.74) is 0. The Hall–Kier alpha value is -0.567. The van der Waals surface area contributed by atoms with Gasteiger partial charge in [-0.3, -0.25) is 0 Å². The third-order valence-corrected chi connectivity index (χ3v) is 2.66. The average molecular weight is 349 g/mol. The van der Waals surface area contributed by atoms with Crippen molar-refractivity contribution in [2.45, 2.75) is 19.3 Å². The first-order chi connectivity index (χ1) is 8.38. The van der Waals surface area contributed by atoms with Crippen LogP contribution in [0, 0.1) is 10.1 Å². The summed E-state index contributed by atoms with van der Waals surface area (Å²) in [4.78, 5) is 15.9. The zero-order chi connectivity index (χ0) is 14.2. The molecular weight excluding hydrogens is 339 g/mol. The number of halogens is 1. The van der Waals surface area contributed by atoms with Gasteiger partial charge in [0.15, 0.2) is 5.82 Å². The molecule has 8 nitrogen and oxygen atoms in total. The van der Waals surface area contributed by atoms with Gasteiger partial charge >= 0.3 is 32.8 Å². The molecule has 0 spiro atoms. The molecule has 0 saturated heterocycles. The van der Waals surface area contributed by atoms with Gasteiger partial charge in [0, 0.05) is 12.2 Å². The number of nitro groups is 1. The molecule has 1 aromatic rings. The predicted octanol–water partition coefficient (Wildman–Crippen LogP) is 0.873. The summed E-state index contributed by atoms with van der Waals surface area (Å²) in [6.07, 6.45) is 2.13. The number of rotatable bonds is 6. The molecule has 0 aliphatic carbocycles. The molecular formula is C7H10ClN3O5SZn. The summed E-state index contributed by atoms with van der Waals surface area (Å²) in [5.74, 6) is -0.211. The number of imidazole rings is 1. The van der Waals surface area contributed by atoms with E-state index in [4.69, 9.17) is 9.69 Å². The molecule has 98 valence electrons. The molecule has 18 heavy (non-hydrogen) atoms. The fraction of sp³-hybridized carbons (Fsp3) is 0.571. The quantitative estimate of drug-likeness (QED) is 0.267. The second kappa shape index (κ2) is 8.52. The van der Waals surface area contributed by atoms with Crippen LogP contribution in [0.25, 0.3) is 0 Å². The number of H-pyrrole nitrogens is 1. The van der Waals surface area contributed by atoms with Crippen LogP contribution in [0.2, 0.25) is 0 Å². The third kappa shape index (κ3) is 7.70. The van der Waals surface area contributed by atoms with Crippen LogP contribution in [-0.2, 0) is 33.9 Å². The first kappa shape index (κ1) is 17.4. The van der Waals surface area contributed by atoms with Crippen LogP contribution >= 0.6 is 9.69 Å². The molecule has 0 atom stereocenters. The van der Waals surface area contributed by atoms with Gasteiger partial charge in [-0.2, -0.15) is 0 Å². The van der Waals surface area contributed by atoms with E-state index < -0.39 is 20.8 Å². The van der Waals surface area contributed by atoms with Crippen molar-refractivity contribution in [3.05, 3.63) is 22.1 Å². The summed E-state index contributed by atoms with van der Waals surface area (Å²) >= 11 is 0.847. The molecule has 1 rings (SSSR count). The molecule has 1 aromatic heterocycles. The Morgan fingerprint density at radius 2 is 2.06 bits per heavy atom. The molecule has 0 fully saturated rings. The van der Waals surface area contributed by atoms with Crippen molar-refractivity contribution in [2.75, 3.05) is 5.75 Å². The number of hydrogen-bond acceptors (Lipinski definition) is 6. The van der Waals surface area contributed by atoms with Crippen molar-refractivity contribution in [2.24, 2.45) is 0 Å². The number of aromatic amines is 1. The Kier molecular flexibility index (Phi) is 8.25. The number of unbranched alkanes of at least 4 members (excludes halogenated alkanes) is 1. The average Bonchev–Trinajstić information content (AvgIpc) is 2.75. The number of hydrogen-bond donors (Lipinski definition) is 1. The summed E-state index contributed by atoms with van der Waals surface area (Å²) in [6.45, 7) is 0. The van der Waals surface area contributed by atoms with Gasteiger partial charge in [-0.15, -0.1) is 0 Å². The van der Waals surface area contributed by atoms with E-state index in [0.29, 0.717) is 18.7 Å². The van der Waals surface area contributed by atoms with Crippen molar-refractivity contribution in [1.82, 2.24) is 9.97 Å². The molecule has 0 bridgehead atoms. The SMILES string of the molecule is O=[N+]([O-])c1cnc(CCCCS(=O)(=O)[O-])[nH]1.[Cl][Zn+]. The molecule has 1 heterocycles. The Labute approximate surface area is 118 Å². The number of nitrogens with zero attached hydrogens (tertiary/aromatic N) is 2. The molecule has 1 N–H and O–H groups in total. The van der Waals surface area contributed by atoms with Crippen LogP contribution in [0.4, 0.5) is 5.82 Å². The monoisotopic (exact) mass is 347 g/mol. The van der Waals surface area contributed by atoms with Gasteiger partial charge in [-0.25, -0.2) is 18.4 Å². The molecule has 0 saturated carbocycles. The topological polar surface area (TPSA) is 129 Å². The minimum absolute atomic E-state index is 0.202. The second-order valence-corrected chi connectivity index (χ2v) is 4.71. The molecule has 0 aliphatic rings. The van der Waals surface area contributed by atoms with Crippen LogP contribution in [0.3, 0.4) is 0 Å². The van der Waals surface area contributed by atoms with Gasteiger partial charge in [0.2, 0.25) is 0 Å². The van der Waals surface area contributed by atoms with Gasteiger partial charge in [0.05, 0.1) is 10.1 Å². The fourth-order valence-electron chi connectivity index (χ4n) is 1.14. The normalized spacial score (nSPS) is 10.7. The van der Waals surface area contributed by atoms with Gasteiger partial charge in [-0.05, 0) is 17.8 Å². The van der Waals surface area contributed by atoms with Crippen molar-refractivity contribution in [3.63, 3.8) is 0 Å². The van der Waals surface area contributed by atoms with Crippen molar-refractivity contribution >= 4 is 25.6 Å². The maximum atomic E-state index is 10.3. The molecule has 0 unspecified atom stereocenters. The summed E-state index contributed by atoms with van der Waals surface area (Å²) in [5, 5.41) is 10.3. The molecule has 11 heteroatoms. The van der Waals surface area contributed by atoms with Crippen LogP contribution in [-0.4, -0.2) is 33.6 Å². The predicted molar refractivity (Wildman–Crippen MR) is 58.6 cm³/mol.